The second kappa shape index (κ2) is 5.11. The first-order chi connectivity index (χ1) is 8.50. The lowest BCUT2D eigenvalue weighted by molar-refractivity contribution is -0.911. The van der Waals surface area contributed by atoms with Crippen LogP contribution in [0.5, 0.6) is 0 Å². The molecule has 2 fully saturated rings. The van der Waals surface area contributed by atoms with E-state index in [1.165, 1.54) is 17.7 Å². The third-order valence-corrected chi connectivity index (χ3v) is 3.97. The predicted octanol–water partition coefficient (Wildman–Crippen LogP) is 0.768. The molecule has 2 saturated heterocycles. The SMILES string of the molecule is C[N+]1(C)CCCCC1C#CCN1C(=O)CCC1=O. The Balaban J connectivity index is 1.95. The topological polar surface area (TPSA) is 37.4 Å². The Morgan fingerprint density at radius 3 is 2.50 bits per heavy atom. The molecule has 0 radical (unpaired) electrons. The quantitative estimate of drug-likeness (QED) is 0.391. The summed E-state index contributed by atoms with van der Waals surface area (Å²) < 4.78 is 0.925. The molecular formula is C14H21N2O2+. The monoisotopic (exact) mass is 249 g/mol. The van der Waals surface area contributed by atoms with E-state index in [2.05, 4.69) is 25.9 Å². The molecule has 2 heterocycles. The van der Waals surface area contributed by atoms with Crippen molar-refractivity contribution in [3.8, 4) is 11.8 Å². The van der Waals surface area contributed by atoms with Crippen molar-refractivity contribution in [1.29, 1.82) is 0 Å². The van der Waals surface area contributed by atoms with Crippen molar-refractivity contribution in [2.75, 3.05) is 27.2 Å². The minimum Gasteiger partial charge on any atom is -0.316 e. The Hall–Kier alpha value is -1.34. The molecule has 0 aromatic carbocycles. The van der Waals surface area contributed by atoms with Gasteiger partial charge < -0.3 is 4.48 Å². The highest BCUT2D eigenvalue weighted by atomic mass is 16.2. The Morgan fingerprint density at radius 2 is 1.89 bits per heavy atom. The molecule has 0 bridgehead atoms. The van der Waals surface area contributed by atoms with E-state index in [1.807, 2.05) is 0 Å². The molecule has 4 nitrogen and oxygen atoms in total. The number of hydrogen-bond donors (Lipinski definition) is 0. The number of imide groups is 1. The van der Waals surface area contributed by atoms with Crippen molar-refractivity contribution in [2.45, 2.75) is 38.1 Å². The van der Waals surface area contributed by atoms with Gasteiger partial charge in [-0.25, -0.2) is 0 Å². The fourth-order valence-electron chi connectivity index (χ4n) is 2.65. The maximum atomic E-state index is 11.4. The molecule has 1 atom stereocenters. The van der Waals surface area contributed by atoms with Gasteiger partial charge in [-0.05, 0) is 18.8 Å². The maximum absolute atomic E-state index is 11.4. The van der Waals surface area contributed by atoms with Crippen molar-refractivity contribution < 1.29 is 14.1 Å². The molecular weight excluding hydrogens is 228 g/mol. The smallest absolute Gasteiger partial charge is 0.230 e. The normalized spacial score (nSPS) is 27.0. The Bertz CT molecular complexity index is 401. The van der Waals surface area contributed by atoms with Gasteiger partial charge in [0.1, 0.15) is 0 Å². The van der Waals surface area contributed by atoms with E-state index in [9.17, 15) is 9.59 Å². The zero-order valence-corrected chi connectivity index (χ0v) is 11.2. The summed E-state index contributed by atoms with van der Waals surface area (Å²) >= 11 is 0. The van der Waals surface area contributed by atoms with Crippen molar-refractivity contribution in [1.82, 2.24) is 4.90 Å². The van der Waals surface area contributed by atoms with E-state index < -0.39 is 0 Å². The van der Waals surface area contributed by atoms with Crippen LogP contribution in [-0.4, -0.2) is 54.4 Å². The van der Waals surface area contributed by atoms with Gasteiger partial charge in [0.25, 0.3) is 0 Å². The molecule has 2 rings (SSSR count). The first-order valence-corrected chi connectivity index (χ1v) is 6.65. The van der Waals surface area contributed by atoms with Crippen LogP contribution in [0, 0.1) is 11.8 Å². The summed E-state index contributed by atoms with van der Waals surface area (Å²) in [5.74, 6) is 6.13. The van der Waals surface area contributed by atoms with Crippen molar-refractivity contribution in [3.63, 3.8) is 0 Å². The predicted molar refractivity (Wildman–Crippen MR) is 68.3 cm³/mol. The van der Waals surface area contributed by atoms with E-state index >= 15 is 0 Å². The minimum atomic E-state index is -0.0771. The third-order valence-electron chi connectivity index (χ3n) is 3.97. The van der Waals surface area contributed by atoms with Crippen LogP contribution in [0.3, 0.4) is 0 Å². The average Bonchev–Trinajstić information content (AvgIpc) is 2.62. The summed E-state index contributed by atoms with van der Waals surface area (Å²) in [7, 11) is 4.40. The molecule has 1 unspecified atom stereocenters. The molecule has 0 aliphatic carbocycles. The molecule has 0 saturated carbocycles. The highest BCUT2D eigenvalue weighted by Crippen LogP contribution is 2.20. The van der Waals surface area contributed by atoms with Gasteiger partial charge in [-0.1, -0.05) is 5.92 Å². The number of amides is 2. The van der Waals surface area contributed by atoms with Crippen LogP contribution in [-0.2, 0) is 9.59 Å². The summed E-state index contributed by atoms with van der Waals surface area (Å²) in [4.78, 5) is 24.1. The zero-order chi connectivity index (χ0) is 13.2. The van der Waals surface area contributed by atoms with Crippen molar-refractivity contribution in [2.24, 2.45) is 0 Å². The molecule has 2 aliphatic rings. The van der Waals surface area contributed by atoms with Crippen molar-refractivity contribution >= 4 is 11.8 Å². The number of quaternary nitrogens is 1. The molecule has 4 heteroatoms. The van der Waals surface area contributed by atoms with Crippen LogP contribution >= 0.6 is 0 Å². The number of rotatable bonds is 1. The standard InChI is InChI=1S/C14H21N2O2/c1-16(2)11-4-3-6-12(16)7-5-10-15-13(17)8-9-14(15)18/h12H,3-4,6,8-11H2,1-2H3/q+1. The van der Waals surface area contributed by atoms with Gasteiger partial charge in [-0.15, -0.1) is 0 Å². The number of carbonyl (C=O) groups excluding carboxylic acids is 2. The first-order valence-electron chi connectivity index (χ1n) is 6.65. The molecule has 0 aromatic rings. The van der Waals surface area contributed by atoms with Crippen LogP contribution < -0.4 is 0 Å². The zero-order valence-electron chi connectivity index (χ0n) is 11.2. The molecule has 18 heavy (non-hydrogen) atoms. The van der Waals surface area contributed by atoms with Crippen LogP contribution in [0.1, 0.15) is 32.1 Å². The Kier molecular flexibility index (Phi) is 3.72. The van der Waals surface area contributed by atoms with E-state index in [0.717, 1.165) is 17.4 Å². The summed E-state index contributed by atoms with van der Waals surface area (Å²) in [5.41, 5.74) is 0. The summed E-state index contributed by atoms with van der Waals surface area (Å²) in [6.45, 7) is 1.43. The fraction of sp³-hybridized carbons (Fsp3) is 0.714. The van der Waals surface area contributed by atoms with Gasteiger partial charge in [0.05, 0.1) is 27.2 Å². The Labute approximate surface area is 109 Å². The minimum absolute atomic E-state index is 0.0771. The largest absolute Gasteiger partial charge is 0.316 e. The lowest BCUT2D eigenvalue weighted by Crippen LogP contribution is -2.51. The number of likely N-dealkylation sites (tertiary alicyclic amines) is 2. The molecule has 0 spiro atoms. The maximum Gasteiger partial charge on any atom is 0.230 e. The van der Waals surface area contributed by atoms with Crippen LogP contribution in [0.15, 0.2) is 0 Å². The number of hydrogen-bond acceptors (Lipinski definition) is 2. The fourth-order valence-corrected chi connectivity index (χ4v) is 2.65. The average molecular weight is 249 g/mol. The first kappa shape index (κ1) is 13.1. The number of piperidine rings is 1. The van der Waals surface area contributed by atoms with E-state index in [1.54, 1.807) is 0 Å². The molecule has 2 amide bonds. The van der Waals surface area contributed by atoms with Gasteiger partial charge in [-0.3, -0.25) is 14.5 Å². The van der Waals surface area contributed by atoms with E-state index in [4.69, 9.17) is 0 Å². The summed E-state index contributed by atoms with van der Waals surface area (Å²) in [5, 5.41) is 0. The second-order valence-electron chi connectivity index (χ2n) is 5.71. The second-order valence-corrected chi connectivity index (χ2v) is 5.71. The lowest BCUT2D eigenvalue weighted by Gasteiger charge is -2.38. The third kappa shape index (κ3) is 2.73. The highest BCUT2D eigenvalue weighted by molar-refractivity contribution is 6.02. The van der Waals surface area contributed by atoms with Crippen LogP contribution in [0.4, 0.5) is 0 Å². The van der Waals surface area contributed by atoms with Gasteiger partial charge in [0.15, 0.2) is 6.04 Å². The highest BCUT2D eigenvalue weighted by Gasteiger charge is 2.30. The summed E-state index contributed by atoms with van der Waals surface area (Å²) in [6, 6.07) is 0.339. The molecule has 98 valence electrons. The number of nitrogens with zero attached hydrogens (tertiary/aromatic N) is 2. The molecule has 0 aromatic heterocycles. The number of carbonyl (C=O) groups is 2. The van der Waals surface area contributed by atoms with E-state index in [-0.39, 0.29) is 18.4 Å². The Morgan fingerprint density at radius 1 is 1.22 bits per heavy atom. The van der Waals surface area contributed by atoms with Gasteiger partial charge in [-0.2, -0.15) is 0 Å². The molecule has 0 N–H and O–H groups in total. The van der Waals surface area contributed by atoms with Crippen molar-refractivity contribution in [3.05, 3.63) is 0 Å². The summed E-state index contributed by atoms with van der Waals surface area (Å²) in [6.07, 6.45) is 4.30. The van der Waals surface area contributed by atoms with E-state index in [0.29, 0.717) is 18.9 Å². The van der Waals surface area contributed by atoms with Crippen LogP contribution in [0.2, 0.25) is 0 Å². The van der Waals surface area contributed by atoms with Gasteiger partial charge in [0, 0.05) is 19.3 Å². The van der Waals surface area contributed by atoms with Gasteiger partial charge in [0.2, 0.25) is 11.8 Å². The molecule has 2 aliphatic heterocycles. The van der Waals surface area contributed by atoms with Gasteiger partial charge >= 0.3 is 0 Å². The lowest BCUT2D eigenvalue weighted by atomic mass is 10.0. The van der Waals surface area contributed by atoms with Crippen LogP contribution in [0.25, 0.3) is 0 Å².